The second-order valence-electron chi connectivity index (χ2n) is 9.81. The lowest BCUT2D eigenvalue weighted by Crippen LogP contribution is -2.35. The number of hydrogen-bond donors (Lipinski definition) is 3. The number of carboxylic acids is 1. The van der Waals surface area contributed by atoms with Gasteiger partial charge >= 0.3 is 12.0 Å². The van der Waals surface area contributed by atoms with E-state index < -0.39 is 28.6 Å². The van der Waals surface area contributed by atoms with Gasteiger partial charge in [-0.1, -0.05) is 18.2 Å². The number of carbonyl (C=O) groups excluding carboxylic acids is 2. The van der Waals surface area contributed by atoms with E-state index in [0.29, 0.717) is 16.6 Å². The van der Waals surface area contributed by atoms with E-state index in [9.17, 15) is 27.9 Å². The van der Waals surface area contributed by atoms with Crippen molar-refractivity contribution in [3.63, 3.8) is 0 Å². The molecule has 0 saturated heterocycles. The van der Waals surface area contributed by atoms with Crippen molar-refractivity contribution in [3.05, 3.63) is 109 Å². The highest BCUT2D eigenvalue weighted by molar-refractivity contribution is 7.92. The van der Waals surface area contributed by atoms with Crippen molar-refractivity contribution in [2.75, 3.05) is 22.3 Å². The molecule has 1 amide bonds. The van der Waals surface area contributed by atoms with Crippen molar-refractivity contribution in [2.45, 2.75) is 11.8 Å². The van der Waals surface area contributed by atoms with Crippen LogP contribution >= 0.6 is 0 Å². The third kappa shape index (κ3) is 6.05. The number of nitrogens with two attached hydrogens (primary N) is 1. The van der Waals surface area contributed by atoms with Crippen LogP contribution in [-0.2, 0) is 14.8 Å². The van der Waals surface area contributed by atoms with E-state index >= 15 is 0 Å². The summed E-state index contributed by atoms with van der Waals surface area (Å²) < 4.78 is 29.5. The number of nitrogens with zero attached hydrogens (tertiary/aromatic N) is 5. The number of amides is 1. The molecule has 3 aromatic carbocycles. The van der Waals surface area contributed by atoms with Gasteiger partial charge in [-0.05, 0) is 59.3 Å². The molecule has 0 radical (unpaired) electrons. The third-order valence-electron chi connectivity index (χ3n) is 6.81. The largest absolute Gasteiger partial charge is 0.480 e. The Labute approximate surface area is 252 Å². The summed E-state index contributed by atoms with van der Waals surface area (Å²) in [6.07, 6.45) is 9.30. The minimum absolute atomic E-state index is 0.118. The summed E-state index contributed by atoms with van der Waals surface area (Å²) in [5.74, 6) is -1.76. The van der Waals surface area contributed by atoms with Crippen molar-refractivity contribution < 1.29 is 27.9 Å². The Kier molecular flexibility index (Phi) is 8.01. The van der Waals surface area contributed by atoms with Crippen molar-refractivity contribution in [2.24, 2.45) is 5.73 Å². The van der Waals surface area contributed by atoms with Crippen LogP contribution in [0.2, 0.25) is 0 Å². The van der Waals surface area contributed by atoms with E-state index in [-0.39, 0.29) is 34.4 Å². The summed E-state index contributed by atoms with van der Waals surface area (Å²) in [5, 5.41) is 18.5. The van der Waals surface area contributed by atoms with Gasteiger partial charge < -0.3 is 15.7 Å². The molecule has 0 unspecified atom stereocenters. The number of carboxylic acid groups (broad SMARTS) is 1. The van der Waals surface area contributed by atoms with E-state index in [1.807, 2.05) is 0 Å². The van der Waals surface area contributed by atoms with Crippen LogP contribution in [0.25, 0.3) is 10.8 Å². The number of nitrogen functional groups attached to an aromatic ring is 1. The minimum atomic E-state index is -4.31. The van der Waals surface area contributed by atoms with E-state index in [1.165, 1.54) is 53.2 Å². The first-order chi connectivity index (χ1) is 20.9. The number of Topliss-reactive ketones (excluding diaryl/α,β-unsaturated/α-hetero) is 1. The summed E-state index contributed by atoms with van der Waals surface area (Å²) in [7, 11) is -4.31. The van der Waals surface area contributed by atoms with Crippen LogP contribution in [0.15, 0.2) is 103 Å². The fourth-order valence-electron chi connectivity index (χ4n) is 4.52. The summed E-state index contributed by atoms with van der Waals surface area (Å²) in [6, 6.07) is 15.2. The number of aromatic nitrogens is 2. The topological polar surface area (TPSA) is 183 Å². The number of benzene rings is 3. The fraction of sp³-hybridized carbons (Fsp3) is 0.100. The molecule has 14 heteroatoms. The highest BCUT2D eigenvalue weighted by Gasteiger charge is 2.28. The number of carbonyl (C=O) groups is 3. The number of imidazole rings is 1. The van der Waals surface area contributed by atoms with Gasteiger partial charge in [0.2, 0.25) is 0 Å². The molecule has 0 atom stereocenters. The number of amidine groups is 1. The first-order valence-corrected chi connectivity index (χ1v) is 14.6. The second-order valence-corrected chi connectivity index (χ2v) is 11.7. The number of hydrogen-bond acceptors (Lipinski definition) is 8. The number of nitrogens with one attached hydrogen (secondary N) is 1. The minimum Gasteiger partial charge on any atom is -0.480 e. The van der Waals surface area contributed by atoms with Crippen LogP contribution in [0.1, 0.15) is 23.0 Å². The van der Waals surface area contributed by atoms with E-state index in [1.54, 1.807) is 66.0 Å². The van der Waals surface area contributed by atoms with Gasteiger partial charge in [0.1, 0.15) is 24.4 Å². The predicted octanol–water partition coefficient (Wildman–Crippen LogP) is 3.58. The molecule has 13 nitrogen and oxygen atoms in total. The quantitative estimate of drug-likeness (QED) is 0.152. The highest BCUT2D eigenvalue weighted by Crippen LogP contribution is 2.29. The molecule has 0 bridgehead atoms. The predicted molar refractivity (Wildman–Crippen MR) is 164 cm³/mol. The Bertz CT molecular complexity index is 1970. The molecule has 1 aliphatic rings. The van der Waals surface area contributed by atoms with Gasteiger partial charge in [0.15, 0.2) is 5.78 Å². The first-order valence-electron chi connectivity index (χ1n) is 13.2. The summed E-state index contributed by atoms with van der Waals surface area (Å²) >= 11 is 0. The Morgan fingerprint density at radius 3 is 2.39 bits per heavy atom. The molecule has 1 aromatic heterocycles. The molecule has 1 aliphatic heterocycles. The molecule has 2 heterocycles. The van der Waals surface area contributed by atoms with Gasteiger partial charge in [0, 0.05) is 49.5 Å². The van der Waals surface area contributed by atoms with Gasteiger partial charge in [-0.2, -0.15) is 0 Å². The Morgan fingerprint density at radius 1 is 1.00 bits per heavy atom. The molecular weight excluding hydrogens is 586 g/mol. The van der Waals surface area contributed by atoms with Crippen molar-refractivity contribution in [1.29, 1.82) is 5.41 Å². The van der Waals surface area contributed by atoms with Crippen LogP contribution in [0, 0.1) is 5.41 Å². The fourth-order valence-corrected chi connectivity index (χ4v) is 5.97. The molecule has 5 rings (SSSR count). The van der Waals surface area contributed by atoms with Crippen LogP contribution in [0.4, 0.5) is 16.2 Å². The van der Waals surface area contributed by atoms with E-state index in [0.717, 1.165) is 9.69 Å². The number of rotatable bonds is 8. The van der Waals surface area contributed by atoms with Crippen molar-refractivity contribution in [3.8, 4) is 0 Å². The standard InChI is InChI=1S/C30H27N7O6S/c1-20(38)27-17-36(19-33-27)30(41)35-12-2-11-34(13-14-35)24-6-8-25(9-7-24)37(18-28(39)40)44(42,43)26-10-5-21-3-4-22(29(31)32)15-23(21)16-26/h2-11,13-17,19H,12,18H2,1H3,(H3,31,32)(H,39,40). The average molecular weight is 614 g/mol. The molecule has 4 aromatic rings. The van der Waals surface area contributed by atoms with Crippen LogP contribution in [0.5, 0.6) is 0 Å². The van der Waals surface area contributed by atoms with Gasteiger partial charge in [0.25, 0.3) is 10.0 Å². The number of anilines is 2. The first kappa shape index (κ1) is 29.7. The molecule has 44 heavy (non-hydrogen) atoms. The van der Waals surface area contributed by atoms with E-state index in [4.69, 9.17) is 11.1 Å². The lowest BCUT2D eigenvalue weighted by Gasteiger charge is -2.24. The monoisotopic (exact) mass is 613 g/mol. The molecule has 0 aliphatic carbocycles. The zero-order valence-electron chi connectivity index (χ0n) is 23.4. The van der Waals surface area contributed by atoms with Gasteiger partial charge in [-0.25, -0.2) is 18.2 Å². The van der Waals surface area contributed by atoms with Gasteiger partial charge in [-0.3, -0.25) is 28.8 Å². The zero-order chi connectivity index (χ0) is 31.6. The molecular formula is C30H27N7O6S. The molecule has 224 valence electrons. The van der Waals surface area contributed by atoms with Crippen LogP contribution in [-0.4, -0.2) is 64.7 Å². The molecule has 0 spiro atoms. The average Bonchev–Trinajstić information content (AvgIpc) is 3.38. The molecule has 0 fully saturated rings. The van der Waals surface area contributed by atoms with Gasteiger partial charge in [0.05, 0.1) is 10.6 Å². The summed E-state index contributed by atoms with van der Waals surface area (Å²) in [5.41, 5.74) is 6.94. The highest BCUT2D eigenvalue weighted by atomic mass is 32.2. The SMILES string of the molecule is CC(=O)c1cn(C(=O)N2C=CN(c3ccc(N(CC(=O)O)S(=O)(=O)c4ccc5ccc(C(=N)N)cc5c4)cc3)C=CC2)cn1. The Balaban J connectivity index is 1.39. The number of fused-ring (bicyclic) bond motifs is 1. The third-order valence-corrected chi connectivity index (χ3v) is 8.58. The van der Waals surface area contributed by atoms with Crippen LogP contribution in [0.3, 0.4) is 0 Å². The number of sulfonamides is 1. The van der Waals surface area contributed by atoms with Crippen molar-refractivity contribution in [1.82, 2.24) is 14.5 Å². The van der Waals surface area contributed by atoms with E-state index in [2.05, 4.69) is 4.98 Å². The molecule has 4 N–H and O–H groups in total. The zero-order valence-corrected chi connectivity index (χ0v) is 24.2. The maximum atomic E-state index is 13.7. The van der Waals surface area contributed by atoms with Crippen LogP contribution < -0.4 is 14.9 Å². The lowest BCUT2D eigenvalue weighted by atomic mass is 10.1. The van der Waals surface area contributed by atoms with Gasteiger partial charge in [-0.15, -0.1) is 0 Å². The van der Waals surface area contributed by atoms with Crippen molar-refractivity contribution >= 4 is 55.8 Å². The summed E-state index contributed by atoms with van der Waals surface area (Å²) in [6.45, 7) is 0.787. The Morgan fingerprint density at radius 2 is 1.73 bits per heavy atom. The summed E-state index contributed by atoms with van der Waals surface area (Å²) in [4.78, 5) is 43.1. The smallest absolute Gasteiger partial charge is 0.333 e. The second kappa shape index (κ2) is 11.9. The lowest BCUT2D eigenvalue weighted by molar-refractivity contribution is -0.135. The maximum absolute atomic E-state index is 13.7. The molecule has 0 saturated carbocycles. The number of aliphatic carboxylic acids is 1. The normalized spacial score (nSPS) is 13.1. The maximum Gasteiger partial charge on any atom is 0.333 e. The Hall–Kier alpha value is -5.76. The number of ketones is 1.